The molecule has 0 saturated carbocycles. The van der Waals surface area contributed by atoms with E-state index in [4.69, 9.17) is 42.1 Å². The number of carbonyl (C=O) groups is 2. The lowest BCUT2D eigenvalue weighted by atomic mass is 9.87. The Balaban J connectivity index is 1.99. The molecule has 1 saturated heterocycles. The Morgan fingerprint density at radius 1 is 1.00 bits per heavy atom. The summed E-state index contributed by atoms with van der Waals surface area (Å²) in [5, 5.41) is 0.668. The summed E-state index contributed by atoms with van der Waals surface area (Å²) < 4.78 is 22.0. The number of hydrogen-bond acceptors (Lipinski definition) is 6. The van der Waals surface area contributed by atoms with E-state index in [0.29, 0.717) is 45.0 Å². The Morgan fingerprint density at radius 2 is 1.65 bits per heavy atom. The molecule has 1 atom stereocenters. The Hall–Kier alpha value is -2.48. The molecule has 0 radical (unpaired) electrons. The second kappa shape index (κ2) is 9.34. The molecule has 3 rings (SSSR count). The Morgan fingerprint density at radius 3 is 2.16 bits per heavy atom. The van der Waals surface area contributed by atoms with Gasteiger partial charge in [-0.3, -0.25) is 9.59 Å². The zero-order valence-corrected chi connectivity index (χ0v) is 19.2. The molecule has 1 aliphatic heterocycles. The summed E-state index contributed by atoms with van der Waals surface area (Å²) in [7, 11) is 4.44. The van der Waals surface area contributed by atoms with Crippen LogP contribution in [0, 0.1) is 0 Å². The van der Waals surface area contributed by atoms with E-state index in [2.05, 4.69) is 0 Å². The zero-order chi connectivity index (χ0) is 22.8. The molecule has 31 heavy (non-hydrogen) atoms. The highest BCUT2D eigenvalue weighted by Crippen LogP contribution is 2.39. The van der Waals surface area contributed by atoms with Crippen LogP contribution in [0.5, 0.6) is 17.2 Å². The van der Waals surface area contributed by atoms with Crippen molar-refractivity contribution in [2.45, 2.75) is 12.5 Å². The predicted molar refractivity (Wildman–Crippen MR) is 117 cm³/mol. The molecule has 0 bridgehead atoms. The van der Waals surface area contributed by atoms with Crippen LogP contribution in [0.15, 0.2) is 30.3 Å². The van der Waals surface area contributed by atoms with E-state index in [0.717, 1.165) is 0 Å². The smallest absolute Gasteiger partial charge is 0.254 e. The van der Waals surface area contributed by atoms with E-state index in [1.165, 1.54) is 28.3 Å². The standard InChI is InChI=1S/C22H23Cl2NO6/c1-13(26)22(15-5-6-16(23)17(24)11-15)12-25(7-8-31-22)21(27)14-9-18(28-2)20(30-4)19(10-14)29-3/h5-6,9-11H,7-8,12H2,1-4H3/t22-/m1/s1. The van der Waals surface area contributed by atoms with Crippen LogP contribution >= 0.6 is 23.2 Å². The van der Waals surface area contributed by atoms with Crippen molar-refractivity contribution in [2.75, 3.05) is 41.0 Å². The highest BCUT2D eigenvalue weighted by atomic mass is 35.5. The fourth-order valence-corrected chi connectivity index (χ4v) is 3.92. The molecule has 7 nitrogen and oxygen atoms in total. The third-order valence-electron chi connectivity index (χ3n) is 5.28. The van der Waals surface area contributed by atoms with Gasteiger partial charge in [0, 0.05) is 12.1 Å². The highest BCUT2D eigenvalue weighted by Gasteiger charge is 2.44. The number of carbonyl (C=O) groups excluding carboxylic acids is 2. The molecular formula is C22H23Cl2NO6. The summed E-state index contributed by atoms with van der Waals surface area (Å²) in [6.45, 7) is 1.94. The summed E-state index contributed by atoms with van der Waals surface area (Å²) >= 11 is 12.2. The number of benzene rings is 2. The zero-order valence-electron chi connectivity index (χ0n) is 17.7. The number of methoxy groups -OCH3 is 3. The lowest BCUT2D eigenvalue weighted by Gasteiger charge is -2.41. The number of nitrogens with zero attached hydrogens (tertiary/aromatic N) is 1. The van der Waals surface area contributed by atoms with Crippen molar-refractivity contribution < 1.29 is 28.5 Å². The Bertz CT molecular complexity index is 986. The van der Waals surface area contributed by atoms with Gasteiger partial charge in [0.25, 0.3) is 5.91 Å². The lowest BCUT2D eigenvalue weighted by Crippen LogP contribution is -2.55. The number of ether oxygens (including phenoxy) is 4. The van der Waals surface area contributed by atoms with Crippen molar-refractivity contribution in [3.05, 3.63) is 51.5 Å². The molecule has 166 valence electrons. The first-order valence-corrected chi connectivity index (χ1v) is 10.2. The highest BCUT2D eigenvalue weighted by molar-refractivity contribution is 6.42. The summed E-state index contributed by atoms with van der Waals surface area (Å²) in [6, 6.07) is 8.04. The SMILES string of the molecule is COc1cc(C(=O)N2CCO[C@](C(C)=O)(c3ccc(Cl)c(Cl)c3)C2)cc(OC)c1OC. The second-order valence-corrected chi connectivity index (χ2v) is 7.82. The van der Waals surface area contributed by atoms with Gasteiger partial charge in [-0.1, -0.05) is 29.3 Å². The number of amides is 1. The summed E-state index contributed by atoms with van der Waals surface area (Å²) in [4.78, 5) is 27.6. The average Bonchev–Trinajstić information content (AvgIpc) is 2.79. The summed E-state index contributed by atoms with van der Waals surface area (Å²) in [5.74, 6) is 0.570. The van der Waals surface area contributed by atoms with Crippen LogP contribution in [0.3, 0.4) is 0 Å². The van der Waals surface area contributed by atoms with Gasteiger partial charge in [-0.2, -0.15) is 0 Å². The minimum Gasteiger partial charge on any atom is -0.493 e. The van der Waals surface area contributed by atoms with Gasteiger partial charge in [-0.15, -0.1) is 0 Å². The molecule has 9 heteroatoms. The molecule has 1 aliphatic rings. The van der Waals surface area contributed by atoms with Crippen molar-refractivity contribution in [3.63, 3.8) is 0 Å². The van der Waals surface area contributed by atoms with E-state index in [1.807, 2.05) is 0 Å². The van der Waals surface area contributed by atoms with E-state index in [-0.39, 0.29) is 24.8 Å². The monoisotopic (exact) mass is 467 g/mol. The van der Waals surface area contributed by atoms with E-state index < -0.39 is 5.60 Å². The first-order valence-electron chi connectivity index (χ1n) is 9.47. The second-order valence-electron chi connectivity index (χ2n) is 7.00. The lowest BCUT2D eigenvalue weighted by molar-refractivity contribution is -0.155. The van der Waals surface area contributed by atoms with E-state index >= 15 is 0 Å². The molecule has 0 aromatic heterocycles. The maximum absolute atomic E-state index is 13.4. The molecule has 0 aliphatic carbocycles. The molecule has 1 amide bonds. The fraction of sp³-hybridized carbons (Fsp3) is 0.364. The Labute approximate surface area is 190 Å². The van der Waals surface area contributed by atoms with Crippen molar-refractivity contribution in [1.82, 2.24) is 4.90 Å². The third-order valence-corrected chi connectivity index (χ3v) is 6.02. The van der Waals surface area contributed by atoms with Gasteiger partial charge in [0.05, 0.1) is 44.5 Å². The quantitative estimate of drug-likeness (QED) is 0.639. The first-order chi connectivity index (χ1) is 14.8. The maximum atomic E-state index is 13.4. The van der Waals surface area contributed by atoms with Crippen LogP contribution in [0.2, 0.25) is 10.0 Å². The van der Waals surface area contributed by atoms with Crippen molar-refractivity contribution >= 4 is 34.9 Å². The van der Waals surface area contributed by atoms with Gasteiger partial charge in [-0.25, -0.2) is 0 Å². The summed E-state index contributed by atoms with van der Waals surface area (Å²) in [6.07, 6.45) is 0. The predicted octanol–water partition coefficient (Wildman–Crippen LogP) is 3.98. The van der Waals surface area contributed by atoms with Gasteiger partial charge in [-0.05, 0) is 36.8 Å². The molecule has 2 aromatic carbocycles. The molecule has 0 N–H and O–H groups in total. The molecule has 0 unspecified atom stereocenters. The minimum atomic E-state index is -1.34. The van der Waals surface area contributed by atoms with E-state index in [9.17, 15) is 9.59 Å². The third kappa shape index (κ3) is 4.31. The van der Waals surface area contributed by atoms with E-state index in [1.54, 1.807) is 35.2 Å². The molecule has 1 fully saturated rings. The van der Waals surface area contributed by atoms with Crippen molar-refractivity contribution in [2.24, 2.45) is 0 Å². The molecule has 0 spiro atoms. The number of halogens is 2. The topological polar surface area (TPSA) is 74.3 Å². The van der Waals surface area contributed by atoms with Crippen molar-refractivity contribution in [3.8, 4) is 17.2 Å². The first kappa shape index (κ1) is 23.2. The normalized spacial score (nSPS) is 18.5. The van der Waals surface area contributed by atoms with Crippen LogP contribution in [0.1, 0.15) is 22.8 Å². The number of Topliss-reactive ketones (excluding diaryl/α,β-unsaturated/α-hetero) is 1. The van der Waals surface area contributed by atoms with Gasteiger partial charge in [0.1, 0.15) is 0 Å². The molecule has 2 aromatic rings. The largest absolute Gasteiger partial charge is 0.493 e. The van der Waals surface area contributed by atoms with Crippen LogP contribution in [-0.2, 0) is 15.1 Å². The summed E-state index contributed by atoms with van der Waals surface area (Å²) in [5.41, 5.74) is -0.470. The van der Waals surface area contributed by atoms with Crippen LogP contribution < -0.4 is 14.2 Å². The van der Waals surface area contributed by atoms with Crippen molar-refractivity contribution in [1.29, 1.82) is 0 Å². The van der Waals surface area contributed by atoms with Gasteiger partial charge in [0.2, 0.25) is 5.75 Å². The Kier molecular flexibility index (Phi) is 6.99. The maximum Gasteiger partial charge on any atom is 0.254 e. The number of morpholine rings is 1. The number of hydrogen-bond donors (Lipinski definition) is 0. The number of ketones is 1. The number of rotatable bonds is 6. The van der Waals surface area contributed by atoms with Gasteiger partial charge < -0.3 is 23.8 Å². The van der Waals surface area contributed by atoms with Gasteiger partial charge in [0.15, 0.2) is 22.9 Å². The average molecular weight is 468 g/mol. The molecular weight excluding hydrogens is 445 g/mol. The van der Waals surface area contributed by atoms with Gasteiger partial charge >= 0.3 is 0 Å². The van der Waals surface area contributed by atoms with Crippen LogP contribution in [0.25, 0.3) is 0 Å². The minimum absolute atomic E-state index is 0.0236. The fourth-order valence-electron chi connectivity index (χ4n) is 3.62. The van der Waals surface area contributed by atoms with Crippen LogP contribution in [0.4, 0.5) is 0 Å². The van der Waals surface area contributed by atoms with Crippen LogP contribution in [-0.4, -0.2) is 57.6 Å². The molecule has 1 heterocycles.